The molecule has 2 heterocycles. The van der Waals surface area contributed by atoms with E-state index in [4.69, 9.17) is 16.3 Å². The second kappa shape index (κ2) is 5.00. The fraction of sp³-hybridized carbons (Fsp3) is 0.333. The van der Waals surface area contributed by atoms with Crippen molar-refractivity contribution in [1.82, 2.24) is 19.9 Å². The molecular weight excluding hydrogens is 230 g/mol. The monoisotopic (exact) mass is 239 g/mol. The van der Waals surface area contributed by atoms with Crippen LogP contribution in [0.3, 0.4) is 0 Å². The molecule has 0 saturated carbocycles. The first kappa shape index (κ1) is 11.0. The molecule has 0 aromatic carbocycles. The third kappa shape index (κ3) is 2.34. The highest BCUT2D eigenvalue weighted by Crippen LogP contribution is 2.17. The summed E-state index contributed by atoms with van der Waals surface area (Å²) in [5.41, 5.74) is 1.07. The lowest BCUT2D eigenvalue weighted by Gasteiger charge is -2.06. The van der Waals surface area contributed by atoms with Crippen molar-refractivity contribution in [3.63, 3.8) is 0 Å². The van der Waals surface area contributed by atoms with E-state index < -0.39 is 0 Å². The molecule has 0 aliphatic heterocycles. The van der Waals surface area contributed by atoms with Crippen LogP contribution in [0.4, 0.5) is 5.82 Å². The molecule has 2 aromatic heterocycles. The van der Waals surface area contributed by atoms with Gasteiger partial charge in [-0.2, -0.15) is 9.97 Å². The lowest BCUT2D eigenvalue weighted by Crippen LogP contribution is -2.10. The lowest BCUT2D eigenvalue weighted by molar-refractivity contribution is 0.210. The number of rotatable bonds is 4. The number of ether oxygens (including phenoxy) is 1. The minimum Gasteiger partial charge on any atom is -0.383 e. The Morgan fingerprint density at radius 3 is 2.94 bits per heavy atom. The molecule has 0 bridgehead atoms. The molecule has 0 amide bonds. The summed E-state index contributed by atoms with van der Waals surface area (Å²) in [4.78, 5) is 16.2. The van der Waals surface area contributed by atoms with Crippen molar-refractivity contribution in [2.45, 2.75) is 0 Å². The number of anilines is 1. The molecule has 6 nitrogen and oxygen atoms in total. The smallest absolute Gasteiger partial charge is 0.226 e. The zero-order valence-electron chi connectivity index (χ0n) is 8.64. The molecular formula is C9H10ClN5O. The second-order valence-electron chi connectivity index (χ2n) is 2.99. The van der Waals surface area contributed by atoms with E-state index in [1.54, 1.807) is 19.5 Å². The van der Waals surface area contributed by atoms with Crippen LogP contribution < -0.4 is 5.32 Å². The molecule has 0 saturated heterocycles. The van der Waals surface area contributed by atoms with Crippen LogP contribution in [0.5, 0.6) is 0 Å². The molecule has 16 heavy (non-hydrogen) atoms. The van der Waals surface area contributed by atoms with Crippen LogP contribution in [0.1, 0.15) is 0 Å². The number of aromatic nitrogens is 4. The van der Waals surface area contributed by atoms with Crippen LogP contribution in [0.2, 0.25) is 5.28 Å². The van der Waals surface area contributed by atoms with Crippen molar-refractivity contribution in [2.24, 2.45) is 0 Å². The summed E-state index contributed by atoms with van der Waals surface area (Å²) in [5, 5.41) is 3.21. The van der Waals surface area contributed by atoms with E-state index in [9.17, 15) is 0 Å². The Labute approximate surface area is 97.1 Å². The number of hydrogen-bond donors (Lipinski definition) is 1. The molecule has 7 heteroatoms. The van der Waals surface area contributed by atoms with Gasteiger partial charge in [-0.1, -0.05) is 0 Å². The number of fused-ring (bicyclic) bond motifs is 1. The van der Waals surface area contributed by atoms with Gasteiger partial charge in [0.1, 0.15) is 0 Å². The highest BCUT2D eigenvalue weighted by Gasteiger charge is 2.07. The van der Waals surface area contributed by atoms with Crippen molar-refractivity contribution >= 4 is 28.6 Å². The number of halogens is 1. The van der Waals surface area contributed by atoms with Crippen molar-refractivity contribution < 1.29 is 4.74 Å². The highest BCUT2D eigenvalue weighted by atomic mass is 35.5. The van der Waals surface area contributed by atoms with E-state index >= 15 is 0 Å². The van der Waals surface area contributed by atoms with Crippen molar-refractivity contribution in [3.05, 3.63) is 17.7 Å². The van der Waals surface area contributed by atoms with Crippen molar-refractivity contribution in [3.8, 4) is 0 Å². The molecule has 0 aliphatic carbocycles. The van der Waals surface area contributed by atoms with Crippen LogP contribution in [-0.4, -0.2) is 40.2 Å². The van der Waals surface area contributed by atoms with Gasteiger partial charge in [0.05, 0.1) is 6.61 Å². The van der Waals surface area contributed by atoms with E-state index in [0.29, 0.717) is 30.1 Å². The number of hydrogen-bond acceptors (Lipinski definition) is 6. The summed E-state index contributed by atoms with van der Waals surface area (Å²) in [7, 11) is 1.63. The summed E-state index contributed by atoms with van der Waals surface area (Å²) >= 11 is 5.78. The zero-order valence-corrected chi connectivity index (χ0v) is 9.40. The summed E-state index contributed by atoms with van der Waals surface area (Å²) in [6.45, 7) is 1.19. The second-order valence-corrected chi connectivity index (χ2v) is 3.33. The predicted octanol–water partition coefficient (Wildman–Crippen LogP) is 1.13. The molecule has 0 atom stereocenters. The van der Waals surface area contributed by atoms with Gasteiger partial charge in [-0.25, -0.2) is 9.97 Å². The van der Waals surface area contributed by atoms with Crippen LogP contribution in [0, 0.1) is 0 Å². The molecule has 84 valence electrons. The Kier molecular flexibility index (Phi) is 3.43. The van der Waals surface area contributed by atoms with Gasteiger partial charge < -0.3 is 10.1 Å². The van der Waals surface area contributed by atoms with Gasteiger partial charge >= 0.3 is 0 Å². The first-order chi connectivity index (χ1) is 7.81. The molecule has 0 aliphatic rings. The summed E-state index contributed by atoms with van der Waals surface area (Å²) in [6, 6.07) is 0. The lowest BCUT2D eigenvalue weighted by atomic mass is 10.4. The maximum absolute atomic E-state index is 5.78. The molecule has 2 aromatic rings. The SMILES string of the molecule is COCCNc1nc(Cl)nc2nccnc12. The normalized spacial score (nSPS) is 10.6. The first-order valence-electron chi connectivity index (χ1n) is 4.68. The number of nitrogens with zero attached hydrogens (tertiary/aromatic N) is 4. The van der Waals surface area contributed by atoms with E-state index in [1.165, 1.54) is 0 Å². The molecule has 0 radical (unpaired) electrons. The molecule has 0 spiro atoms. The Balaban J connectivity index is 2.34. The van der Waals surface area contributed by atoms with Gasteiger partial charge in [0.2, 0.25) is 5.28 Å². The van der Waals surface area contributed by atoms with Crippen LogP contribution in [0.25, 0.3) is 11.2 Å². The molecule has 2 rings (SSSR count). The number of methoxy groups -OCH3 is 1. The van der Waals surface area contributed by atoms with Crippen LogP contribution in [0.15, 0.2) is 12.4 Å². The van der Waals surface area contributed by atoms with Gasteiger partial charge in [0.25, 0.3) is 0 Å². The van der Waals surface area contributed by atoms with Gasteiger partial charge in [0, 0.05) is 26.0 Å². The Morgan fingerprint density at radius 1 is 1.31 bits per heavy atom. The average Bonchev–Trinajstić information content (AvgIpc) is 2.29. The van der Waals surface area contributed by atoms with E-state index in [-0.39, 0.29) is 5.28 Å². The standard InChI is InChI=1S/C9H10ClN5O/c1-16-5-4-13-8-6-7(12-3-2-11-6)14-9(10)15-8/h2-3H,4-5H2,1H3,(H,12,13,14,15). The Bertz CT molecular complexity index is 492. The van der Waals surface area contributed by atoms with Gasteiger partial charge in [-0.05, 0) is 11.6 Å². The third-order valence-corrected chi connectivity index (χ3v) is 2.07. The van der Waals surface area contributed by atoms with E-state index in [2.05, 4.69) is 25.3 Å². The third-order valence-electron chi connectivity index (χ3n) is 1.90. The number of nitrogens with one attached hydrogen (secondary N) is 1. The van der Waals surface area contributed by atoms with Crippen molar-refractivity contribution in [1.29, 1.82) is 0 Å². The maximum Gasteiger partial charge on any atom is 0.226 e. The van der Waals surface area contributed by atoms with Gasteiger partial charge in [-0.3, -0.25) is 0 Å². The molecule has 0 unspecified atom stereocenters. The zero-order chi connectivity index (χ0) is 11.4. The largest absolute Gasteiger partial charge is 0.383 e. The first-order valence-corrected chi connectivity index (χ1v) is 5.06. The van der Waals surface area contributed by atoms with E-state index in [0.717, 1.165) is 0 Å². The highest BCUT2D eigenvalue weighted by molar-refractivity contribution is 6.28. The predicted molar refractivity (Wildman–Crippen MR) is 60.5 cm³/mol. The summed E-state index contributed by atoms with van der Waals surface area (Å²) in [5.74, 6) is 0.570. The Hall–Kier alpha value is -1.53. The summed E-state index contributed by atoms with van der Waals surface area (Å²) < 4.78 is 4.93. The molecule has 1 N–H and O–H groups in total. The minimum absolute atomic E-state index is 0.146. The maximum atomic E-state index is 5.78. The van der Waals surface area contributed by atoms with E-state index in [1.807, 2.05) is 0 Å². The topological polar surface area (TPSA) is 72.8 Å². The minimum atomic E-state index is 0.146. The fourth-order valence-corrected chi connectivity index (χ4v) is 1.40. The van der Waals surface area contributed by atoms with Gasteiger partial charge in [-0.15, -0.1) is 0 Å². The van der Waals surface area contributed by atoms with Crippen molar-refractivity contribution in [2.75, 3.05) is 25.6 Å². The average molecular weight is 240 g/mol. The van der Waals surface area contributed by atoms with Crippen LogP contribution >= 0.6 is 11.6 Å². The van der Waals surface area contributed by atoms with Gasteiger partial charge in [0.15, 0.2) is 17.0 Å². The Morgan fingerprint density at radius 2 is 2.12 bits per heavy atom. The quantitative estimate of drug-likeness (QED) is 0.637. The molecule has 0 fully saturated rings. The summed E-state index contributed by atoms with van der Waals surface area (Å²) in [6.07, 6.45) is 3.14. The fourth-order valence-electron chi connectivity index (χ4n) is 1.23. The van der Waals surface area contributed by atoms with Crippen LogP contribution in [-0.2, 0) is 4.74 Å².